The Hall–Kier alpha value is -2.68. The van der Waals surface area contributed by atoms with Gasteiger partial charge in [-0.1, -0.05) is 24.6 Å². The number of hydrogen-bond acceptors (Lipinski definition) is 6. The minimum absolute atomic E-state index is 0.00652. The Labute approximate surface area is 204 Å². The lowest BCUT2D eigenvalue weighted by Gasteiger charge is -2.26. The number of hydrogen-bond donors (Lipinski definition) is 0. The molecule has 2 aromatic heterocycles. The Morgan fingerprint density at radius 3 is 2.62 bits per heavy atom. The molecular formula is C26H29N5O2S. The van der Waals surface area contributed by atoms with Crippen LogP contribution in [0, 0.1) is 0 Å². The van der Waals surface area contributed by atoms with Gasteiger partial charge in [-0.3, -0.25) is 14.7 Å². The van der Waals surface area contributed by atoms with Crippen molar-refractivity contribution in [3.05, 3.63) is 59.5 Å². The first-order chi connectivity index (χ1) is 16.8. The van der Waals surface area contributed by atoms with Crippen molar-refractivity contribution < 1.29 is 9.53 Å². The third kappa shape index (κ3) is 4.15. The van der Waals surface area contributed by atoms with Gasteiger partial charge in [-0.05, 0) is 44.1 Å². The summed E-state index contributed by atoms with van der Waals surface area (Å²) in [6.45, 7) is 5.56. The van der Waals surface area contributed by atoms with Crippen LogP contribution in [-0.4, -0.2) is 69.9 Å². The lowest BCUT2D eigenvalue weighted by Crippen LogP contribution is -2.41. The second-order valence-electron chi connectivity index (χ2n) is 9.12. The molecule has 34 heavy (non-hydrogen) atoms. The number of morpholine rings is 1. The van der Waals surface area contributed by atoms with Gasteiger partial charge in [0.2, 0.25) is 0 Å². The van der Waals surface area contributed by atoms with Crippen molar-refractivity contribution in [3.8, 4) is 16.9 Å². The average Bonchev–Trinajstić information content (AvgIpc) is 3.30. The van der Waals surface area contributed by atoms with Crippen LogP contribution >= 0.6 is 11.8 Å². The van der Waals surface area contributed by atoms with Gasteiger partial charge in [-0.2, -0.15) is 5.10 Å². The lowest BCUT2D eigenvalue weighted by atomic mass is 10.0. The molecule has 6 rings (SSSR count). The fourth-order valence-electron chi connectivity index (χ4n) is 5.06. The summed E-state index contributed by atoms with van der Waals surface area (Å²) < 4.78 is 7.38. The van der Waals surface area contributed by atoms with Crippen molar-refractivity contribution in [2.45, 2.75) is 36.5 Å². The van der Waals surface area contributed by atoms with Crippen LogP contribution in [-0.2, 0) is 17.0 Å². The summed E-state index contributed by atoms with van der Waals surface area (Å²) in [7, 11) is 0. The number of rotatable bonds is 4. The fraction of sp³-hybridized carbons (Fsp3) is 0.423. The fourth-order valence-corrected chi connectivity index (χ4v) is 6.13. The molecule has 0 unspecified atom stereocenters. The molecule has 2 fully saturated rings. The molecule has 7 nitrogen and oxygen atoms in total. The van der Waals surface area contributed by atoms with E-state index in [0.717, 1.165) is 53.6 Å². The summed E-state index contributed by atoms with van der Waals surface area (Å²) in [5.41, 5.74) is 5.67. The number of thioether (sulfide) groups is 1. The molecule has 5 heterocycles. The minimum atomic E-state index is -0.00652. The molecule has 0 spiro atoms. The van der Waals surface area contributed by atoms with Crippen LogP contribution < -0.4 is 0 Å². The van der Waals surface area contributed by atoms with Gasteiger partial charge >= 0.3 is 0 Å². The summed E-state index contributed by atoms with van der Waals surface area (Å²) in [6, 6.07) is 12.6. The summed E-state index contributed by atoms with van der Waals surface area (Å²) in [5, 5.41) is 4.90. The molecule has 3 aliphatic rings. The van der Waals surface area contributed by atoms with E-state index in [4.69, 9.17) is 14.8 Å². The SMILES string of the molecule is O=C(c1nn(-c2ccc(CN3CCCCC3)nc2)c2c1CSc1ccccc1-2)N1CCOCC1. The smallest absolute Gasteiger partial charge is 0.274 e. The molecule has 0 saturated carbocycles. The summed E-state index contributed by atoms with van der Waals surface area (Å²) in [5.74, 6) is 0.728. The molecule has 0 atom stereocenters. The predicted octanol–water partition coefficient (Wildman–Crippen LogP) is 4.00. The first kappa shape index (κ1) is 21.8. The third-order valence-electron chi connectivity index (χ3n) is 6.89. The summed E-state index contributed by atoms with van der Waals surface area (Å²) >= 11 is 1.77. The van der Waals surface area contributed by atoms with E-state index in [2.05, 4.69) is 41.3 Å². The van der Waals surface area contributed by atoms with Gasteiger partial charge < -0.3 is 9.64 Å². The average molecular weight is 476 g/mol. The highest BCUT2D eigenvalue weighted by Gasteiger charge is 2.32. The van der Waals surface area contributed by atoms with Crippen molar-refractivity contribution in [2.24, 2.45) is 0 Å². The number of fused-ring (bicyclic) bond motifs is 3. The van der Waals surface area contributed by atoms with Crippen LogP contribution in [0.3, 0.4) is 0 Å². The number of pyridine rings is 1. The maximum Gasteiger partial charge on any atom is 0.274 e. The van der Waals surface area contributed by atoms with Crippen molar-refractivity contribution in [1.29, 1.82) is 0 Å². The maximum absolute atomic E-state index is 13.5. The van der Waals surface area contributed by atoms with E-state index >= 15 is 0 Å². The quantitative estimate of drug-likeness (QED) is 0.569. The number of likely N-dealkylation sites (tertiary alicyclic amines) is 1. The number of carbonyl (C=O) groups is 1. The minimum Gasteiger partial charge on any atom is -0.378 e. The van der Waals surface area contributed by atoms with E-state index in [0.29, 0.717) is 32.0 Å². The highest BCUT2D eigenvalue weighted by molar-refractivity contribution is 7.98. The van der Waals surface area contributed by atoms with Crippen molar-refractivity contribution >= 4 is 17.7 Å². The van der Waals surface area contributed by atoms with E-state index in [1.165, 1.54) is 24.2 Å². The molecule has 3 aliphatic heterocycles. The Morgan fingerprint density at radius 1 is 1.00 bits per heavy atom. The summed E-state index contributed by atoms with van der Waals surface area (Å²) in [6.07, 6.45) is 5.78. The molecule has 176 valence electrons. The van der Waals surface area contributed by atoms with Crippen molar-refractivity contribution in [3.63, 3.8) is 0 Å². The Kier molecular flexibility index (Phi) is 6.11. The van der Waals surface area contributed by atoms with E-state index in [1.54, 1.807) is 11.8 Å². The molecule has 1 aromatic carbocycles. The monoisotopic (exact) mass is 475 g/mol. The van der Waals surface area contributed by atoms with Gasteiger partial charge in [0.05, 0.1) is 36.5 Å². The Bertz CT molecular complexity index is 1180. The molecule has 0 N–H and O–H groups in total. The number of benzene rings is 1. The standard InChI is InChI=1S/C26H29N5O2S/c32-26(30-12-14-33-15-13-30)24-22-18-34-23-7-3-2-6-21(23)25(22)31(28-24)20-9-8-19(27-16-20)17-29-10-4-1-5-11-29/h2-3,6-9,16H,1,4-5,10-15,17-18H2. The zero-order chi connectivity index (χ0) is 22.9. The third-order valence-corrected chi connectivity index (χ3v) is 7.99. The van der Waals surface area contributed by atoms with E-state index < -0.39 is 0 Å². The second kappa shape index (κ2) is 9.52. The molecule has 2 saturated heterocycles. The predicted molar refractivity (Wildman–Crippen MR) is 132 cm³/mol. The number of aromatic nitrogens is 3. The number of nitrogens with zero attached hydrogens (tertiary/aromatic N) is 5. The first-order valence-electron chi connectivity index (χ1n) is 12.2. The highest BCUT2D eigenvalue weighted by Crippen LogP contribution is 2.43. The Balaban J connectivity index is 1.37. The van der Waals surface area contributed by atoms with Gasteiger partial charge in [0.1, 0.15) is 0 Å². The second-order valence-corrected chi connectivity index (χ2v) is 10.1. The van der Waals surface area contributed by atoms with Crippen molar-refractivity contribution in [1.82, 2.24) is 24.6 Å². The molecular weight excluding hydrogens is 446 g/mol. The van der Waals surface area contributed by atoms with E-state index in [9.17, 15) is 4.79 Å². The van der Waals surface area contributed by atoms with Gasteiger partial charge in [-0.15, -0.1) is 11.8 Å². The van der Waals surface area contributed by atoms with Crippen LogP contribution in [0.1, 0.15) is 41.0 Å². The topological polar surface area (TPSA) is 63.5 Å². The Morgan fingerprint density at radius 2 is 1.82 bits per heavy atom. The van der Waals surface area contributed by atoms with Gasteiger partial charge in [0.15, 0.2) is 5.69 Å². The maximum atomic E-state index is 13.5. The van der Waals surface area contributed by atoms with Crippen LogP contribution in [0.5, 0.6) is 0 Å². The number of ether oxygens (including phenoxy) is 1. The van der Waals surface area contributed by atoms with Gasteiger partial charge in [0.25, 0.3) is 5.91 Å². The molecule has 8 heteroatoms. The molecule has 3 aromatic rings. The lowest BCUT2D eigenvalue weighted by molar-refractivity contribution is 0.0298. The van der Waals surface area contributed by atoms with Gasteiger partial charge in [0, 0.05) is 41.4 Å². The molecule has 1 amide bonds. The number of amides is 1. The van der Waals surface area contributed by atoms with Crippen LogP contribution in [0.15, 0.2) is 47.5 Å². The van der Waals surface area contributed by atoms with Crippen molar-refractivity contribution in [2.75, 3.05) is 39.4 Å². The van der Waals surface area contributed by atoms with E-state index in [-0.39, 0.29) is 5.91 Å². The molecule has 0 radical (unpaired) electrons. The number of piperidine rings is 1. The highest BCUT2D eigenvalue weighted by atomic mass is 32.2. The largest absolute Gasteiger partial charge is 0.378 e. The molecule has 0 aliphatic carbocycles. The normalized spacial score (nSPS) is 18.4. The zero-order valence-corrected chi connectivity index (χ0v) is 20.1. The van der Waals surface area contributed by atoms with Crippen LogP contribution in [0.4, 0.5) is 0 Å². The zero-order valence-electron chi connectivity index (χ0n) is 19.3. The van der Waals surface area contributed by atoms with Crippen LogP contribution in [0.25, 0.3) is 16.9 Å². The summed E-state index contributed by atoms with van der Waals surface area (Å²) in [4.78, 5) is 23.8. The first-order valence-corrected chi connectivity index (χ1v) is 13.2. The molecule has 0 bridgehead atoms. The van der Waals surface area contributed by atoms with Gasteiger partial charge in [-0.25, -0.2) is 4.68 Å². The van der Waals surface area contributed by atoms with Crippen LogP contribution in [0.2, 0.25) is 0 Å². The number of carbonyl (C=O) groups excluding carboxylic acids is 1. The van der Waals surface area contributed by atoms with E-state index in [1.807, 2.05) is 15.8 Å².